The summed E-state index contributed by atoms with van der Waals surface area (Å²) in [7, 11) is 1.49. The van der Waals surface area contributed by atoms with Crippen LogP contribution in [-0.4, -0.2) is 29.1 Å². The molecule has 1 heterocycles. The van der Waals surface area contributed by atoms with Crippen molar-refractivity contribution in [3.05, 3.63) is 91.2 Å². The number of ether oxygens (including phenoxy) is 2. The van der Waals surface area contributed by atoms with Gasteiger partial charge in [0, 0.05) is 18.3 Å². The van der Waals surface area contributed by atoms with Crippen LogP contribution >= 0.6 is 27.5 Å². The zero-order valence-electron chi connectivity index (χ0n) is 16.6. The highest BCUT2D eigenvalue weighted by molar-refractivity contribution is 9.10. The molecule has 0 spiro atoms. The predicted molar refractivity (Wildman–Crippen MR) is 122 cm³/mol. The van der Waals surface area contributed by atoms with Crippen molar-refractivity contribution in [1.82, 2.24) is 10.4 Å². The molecule has 0 fully saturated rings. The van der Waals surface area contributed by atoms with Crippen molar-refractivity contribution in [2.75, 3.05) is 7.11 Å². The molecule has 3 rings (SSSR count). The van der Waals surface area contributed by atoms with Gasteiger partial charge < -0.3 is 9.47 Å². The molecule has 3 aromatic rings. The highest BCUT2D eigenvalue weighted by atomic mass is 79.9. The quantitative estimate of drug-likeness (QED) is 0.199. The third kappa shape index (κ3) is 5.80. The zero-order chi connectivity index (χ0) is 23.1. The Labute approximate surface area is 196 Å². The van der Waals surface area contributed by atoms with Crippen LogP contribution in [0, 0.1) is 10.1 Å². The molecule has 0 saturated heterocycles. The van der Waals surface area contributed by atoms with E-state index in [1.807, 2.05) is 0 Å². The maximum absolute atomic E-state index is 12.1. The Morgan fingerprint density at radius 3 is 2.72 bits per heavy atom. The Morgan fingerprint density at radius 2 is 2.06 bits per heavy atom. The molecule has 2 aromatic carbocycles. The number of amides is 1. The largest absolute Gasteiger partial charge is 0.493 e. The van der Waals surface area contributed by atoms with E-state index in [1.165, 1.54) is 37.7 Å². The van der Waals surface area contributed by atoms with Crippen molar-refractivity contribution in [1.29, 1.82) is 0 Å². The maximum atomic E-state index is 12.1. The second-order valence-corrected chi connectivity index (χ2v) is 7.50. The van der Waals surface area contributed by atoms with Gasteiger partial charge in [-0.15, -0.1) is 0 Å². The van der Waals surface area contributed by atoms with Gasteiger partial charge in [-0.1, -0.05) is 11.6 Å². The van der Waals surface area contributed by atoms with Gasteiger partial charge in [0.15, 0.2) is 11.5 Å². The van der Waals surface area contributed by atoms with Crippen LogP contribution in [-0.2, 0) is 6.61 Å². The first-order chi connectivity index (χ1) is 15.4. The fourth-order valence-corrected chi connectivity index (χ4v) is 3.38. The van der Waals surface area contributed by atoms with Crippen molar-refractivity contribution in [3.8, 4) is 11.5 Å². The number of aromatic nitrogens is 1. The number of halogens is 2. The average molecular weight is 520 g/mol. The van der Waals surface area contributed by atoms with E-state index in [0.717, 1.165) is 5.56 Å². The fraction of sp³-hybridized carbons (Fsp3) is 0.0952. The lowest BCUT2D eigenvalue weighted by molar-refractivity contribution is -0.384. The van der Waals surface area contributed by atoms with Gasteiger partial charge in [0.1, 0.15) is 11.8 Å². The van der Waals surface area contributed by atoms with E-state index < -0.39 is 10.8 Å². The molecule has 9 nitrogen and oxygen atoms in total. The third-order valence-corrected chi connectivity index (χ3v) is 5.06. The molecular formula is C21H16BrClN4O5. The number of non-ortho nitro benzene ring substituents is 1. The van der Waals surface area contributed by atoms with E-state index in [2.05, 4.69) is 31.4 Å². The Bertz CT molecular complexity index is 1170. The van der Waals surface area contributed by atoms with Crippen LogP contribution in [0.1, 0.15) is 21.5 Å². The smallest absolute Gasteiger partial charge is 0.274 e. The number of hydrogen-bond donors (Lipinski definition) is 1. The van der Waals surface area contributed by atoms with Crippen LogP contribution < -0.4 is 14.9 Å². The lowest BCUT2D eigenvalue weighted by Gasteiger charge is -2.13. The van der Waals surface area contributed by atoms with Gasteiger partial charge in [-0.25, -0.2) is 10.4 Å². The van der Waals surface area contributed by atoms with E-state index in [0.29, 0.717) is 21.5 Å². The van der Waals surface area contributed by atoms with Crippen molar-refractivity contribution >= 4 is 45.3 Å². The number of nitrogens with zero attached hydrogens (tertiary/aromatic N) is 3. The SMILES string of the molecule is COc1cc(C=NNC(=O)c2cccnc2Cl)cc(Br)c1OCc1ccc([N+](=O)[O-])cc1. The van der Waals surface area contributed by atoms with Crippen molar-refractivity contribution in [2.24, 2.45) is 5.10 Å². The number of rotatable bonds is 8. The summed E-state index contributed by atoms with van der Waals surface area (Å²) in [6.07, 6.45) is 2.92. The van der Waals surface area contributed by atoms with Gasteiger partial charge in [0.05, 0.1) is 28.3 Å². The number of hydrogen-bond acceptors (Lipinski definition) is 7. The number of nitro benzene ring substituents is 1. The van der Waals surface area contributed by atoms with Crippen LogP contribution in [0.2, 0.25) is 5.15 Å². The number of hydrazone groups is 1. The minimum atomic E-state index is -0.492. The Morgan fingerprint density at radius 1 is 1.31 bits per heavy atom. The normalized spacial score (nSPS) is 10.7. The second kappa shape index (κ2) is 10.7. The minimum Gasteiger partial charge on any atom is -0.493 e. The fourth-order valence-electron chi connectivity index (χ4n) is 2.60. The van der Waals surface area contributed by atoms with Crippen LogP contribution in [0.15, 0.2) is 64.3 Å². The topological polar surface area (TPSA) is 116 Å². The Balaban J connectivity index is 1.69. The van der Waals surface area contributed by atoms with Crippen LogP contribution in [0.25, 0.3) is 0 Å². The number of benzene rings is 2. The molecule has 32 heavy (non-hydrogen) atoms. The summed E-state index contributed by atoms with van der Waals surface area (Å²) in [5, 5.41) is 14.8. The van der Waals surface area contributed by atoms with Gasteiger partial charge in [-0.2, -0.15) is 5.10 Å². The first kappa shape index (κ1) is 23.2. The first-order valence-electron chi connectivity index (χ1n) is 9.06. The van der Waals surface area contributed by atoms with E-state index in [-0.39, 0.29) is 23.0 Å². The molecule has 1 aromatic heterocycles. The molecule has 0 aliphatic heterocycles. The molecule has 0 unspecified atom stereocenters. The summed E-state index contributed by atoms with van der Waals surface area (Å²) in [5.74, 6) is 0.395. The minimum absolute atomic E-state index is 0.00837. The predicted octanol–water partition coefficient (Wildman–Crippen LogP) is 4.76. The Kier molecular flexibility index (Phi) is 7.74. The molecule has 0 radical (unpaired) electrons. The molecule has 0 aliphatic rings. The molecular weight excluding hydrogens is 504 g/mol. The molecule has 1 amide bonds. The number of carbonyl (C=O) groups is 1. The van der Waals surface area contributed by atoms with Crippen LogP contribution in [0.5, 0.6) is 11.5 Å². The number of pyridine rings is 1. The van der Waals surface area contributed by atoms with Crippen molar-refractivity contribution in [3.63, 3.8) is 0 Å². The average Bonchev–Trinajstić information content (AvgIpc) is 2.78. The molecule has 1 N–H and O–H groups in total. The third-order valence-electron chi connectivity index (χ3n) is 4.17. The number of methoxy groups -OCH3 is 1. The van der Waals surface area contributed by atoms with Gasteiger partial charge in [0.2, 0.25) is 0 Å². The van der Waals surface area contributed by atoms with E-state index in [9.17, 15) is 14.9 Å². The van der Waals surface area contributed by atoms with Crippen molar-refractivity contribution in [2.45, 2.75) is 6.61 Å². The first-order valence-corrected chi connectivity index (χ1v) is 10.2. The van der Waals surface area contributed by atoms with Crippen molar-refractivity contribution < 1.29 is 19.2 Å². The Hall–Kier alpha value is -3.50. The van der Waals surface area contributed by atoms with Gasteiger partial charge in [0.25, 0.3) is 11.6 Å². The monoisotopic (exact) mass is 518 g/mol. The molecule has 164 valence electrons. The van der Waals surface area contributed by atoms with Crippen LogP contribution in [0.4, 0.5) is 5.69 Å². The summed E-state index contributed by atoms with van der Waals surface area (Å²) in [6.45, 7) is 0.183. The molecule has 0 bridgehead atoms. The van der Waals surface area contributed by atoms with Gasteiger partial charge in [-0.3, -0.25) is 14.9 Å². The molecule has 0 saturated carbocycles. The number of carbonyl (C=O) groups excluding carboxylic acids is 1. The van der Waals surface area contributed by atoms with E-state index in [4.69, 9.17) is 21.1 Å². The highest BCUT2D eigenvalue weighted by Gasteiger charge is 2.13. The zero-order valence-corrected chi connectivity index (χ0v) is 19.0. The number of nitrogens with one attached hydrogen (secondary N) is 1. The summed E-state index contributed by atoms with van der Waals surface area (Å²) in [6, 6.07) is 12.6. The standard InChI is InChI=1S/C21H16BrClN4O5/c1-31-18-10-14(11-25-26-21(28)16-3-2-8-24-20(16)23)9-17(22)19(18)32-12-13-4-6-15(7-5-13)27(29)30/h2-11H,12H2,1H3,(H,26,28). The molecule has 0 aliphatic carbocycles. The second-order valence-electron chi connectivity index (χ2n) is 6.29. The summed E-state index contributed by atoms with van der Waals surface area (Å²) >= 11 is 9.34. The number of nitro groups is 1. The summed E-state index contributed by atoms with van der Waals surface area (Å²) in [4.78, 5) is 26.3. The van der Waals surface area contributed by atoms with Crippen LogP contribution in [0.3, 0.4) is 0 Å². The summed E-state index contributed by atoms with van der Waals surface area (Å²) < 4.78 is 11.8. The molecule has 11 heteroatoms. The maximum Gasteiger partial charge on any atom is 0.274 e. The van der Waals surface area contributed by atoms with E-state index in [1.54, 1.807) is 30.3 Å². The van der Waals surface area contributed by atoms with Gasteiger partial charge in [-0.05, 0) is 63.5 Å². The highest BCUT2D eigenvalue weighted by Crippen LogP contribution is 2.37. The van der Waals surface area contributed by atoms with Gasteiger partial charge >= 0.3 is 0 Å². The lowest BCUT2D eigenvalue weighted by Crippen LogP contribution is -2.18. The molecule has 0 atom stereocenters. The lowest BCUT2D eigenvalue weighted by atomic mass is 10.2. The summed E-state index contributed by atoms with van der Waals surface area (Å²) in [5.41, 5.74) is 4.00. The van der Waals surface area contributed by atoms with E-state index >= 15 is 0 Å².